The number of rotatable bonds is 1. The van der Waals surface area contributed by atoms with Crippen molar-refractivity contribution in [2.24, 2.45) is 0 Å². The Labute approximate surface area is 98.0 Å². The molecule has 4 nitrogen and oxygen atoms in total. The zero-order valence-electron chi connectivity index (χ0n) is 8.92. The van der Waals surface area contributed by atoms with E-state index < -0.39 is 0 Å². The Morgan fingerprint density at radius 2 is 2.12 bits per heavy atom. The number of nitrogens with one attached hydrogen (secondary N) is 1. The van der Waals surface area contributed by atoms with Crippen LogP contribution in [0.2, 0.25) is 0 Å². The van der Waals surface area contributed by atoms with E-state index >= 15 is 0 Å². The van der Waals surface area contributed by atoms with Gasteiger partial charge in [-0.15, -0.1) is 10.2 Å². The number of benzene rings is 1. The lowest BCUT2D eigenvalue weighted by atomic mass is 10.1. The lowest BCUT2D eigenvalue weighted by Crippen LogP contribution is -2.28. The number of hydrogen-bond acceptors (Lipinski definition) is 4. The van der Waals surface area contributed by atoms with E-state index in [1.807, 2.05) is 17.7 Å². The number of aryl methyl sites for hydroxylation is 1. The Bertz CT molecular complexity index is 494. The lowest BCUT2D eigenvalue weighted by Gasteiger charge is -2.25. The molecule has 1 unspecified atom stereocenters. The van der Waals surface area contributed by atoms with E-state index in [0.717, 1.165) is 16.7 Å². The van der Waals surface area contributed by atoms with Crippen LogP contribution in [0.3, 0.4) is 0 Å². The summed E-state index contributed by atoms with van der Waals surface area (Å²) in [5.41, 5.74) is 4.73. The fourth-order valence-corrected chi connectivity index (χ4v) is 2.79. The van der Waals surface area contributed by atoms with Gasteiger partial charge in [0.1, 0.15) is 5.82 Å². The van der Waals surface area contributed by atoms with Gasteiger partial charge in [0, 0.05) is 5.75 Å². The van der Waals surface area contributed by atoms with Crippen LogP contribution >= 0.6 is 11.8 Å². The second-order valence-corrected chi connectivity index (χ2v) is 4.76. The molecular weight excluding hydrogens is 220 g/mol. The van der Waals surface area contributed by atoms with Gasteiger partial charge in [0.15, 0.2) is 0 Å². The van der Waals surface area contributed by atoms with Crippen LogP contribution in [-0.4, -0.2) is 20.6 Å². The van der Waals surface area contributed by atoms with Gasteiger partial charge in [0.25, 0.3) is 0 Å². The highest BCUT2D eigenvalue weighted by molar-refractivity contribution is 7.99. The summed E-state index contributed by atoms with van der Waals surface area (Å²) in [5, 5.41) is 9.10. The summed E-state index contributed by atoms with van der Waals surface area (Å²) >= 11 is 1.74. The standard InChI is InChI=1S/C11H12N4S/c1-8-12-13-11-15(8)14-10(7-16-11)9-5-3-2-4-6-9/h2-6,10,14H,7H2,1H3. The average Bonchev–Trinajstić information content (AvgIpc) is 2.72. The molecule has 0 aliphatic carbocycles. The number of thioether (sulfide) groups is 1. The summed E-state index contributed by atoms with van der Waals surface area (Å²) in [5.74, 6) is 1.89. The average molecular weight is 232 g/mol. The molecule has 1 aliphatic heterocycles. The largest absolute Gasteiger partial charge is 0.314 e. The minimum absolute atomic E-state index is 0.327. The Hall–Kier alpha value is -1.49. The first-order valence-electron chi connectivity index (χ1n) is 5.21. The molecule has 1 aliphatic rings. The molecule has 0 spiro atoms. The topological polar surface area (TPSA) is 42.7 Å². The van der Waals surface area contributed by atoms with Gasteiger partial charge >= 0.3 is 0 Å². The Balaban J connectivity index is 1.90. The Morgan fingerprint density at radius 1 is 1.31 bits per heavy atom. The quantitative estimate of drug-likeness (QED) is 0.816. The first kappa shape index (κ1) is 9.72. The molecule has 0 saturated carbocycles. The van der Waals surface area contributed by atoms with Crippen LogP contribution < -0.4 is 5.43 Å². The van der Waals surface area contributed by atoms with Crippen molar-refractivity contribution in [2.45, 2.75) is 18.1 Å². The van der Waals surface area contributed by atoms with Gasteiger partial charge in [0.05, 0.1) is 6.04 Å². The molecule has 1 aromatic carbocycles. The Kier molecular flexibility index (Phi) is 2.32. The highest BCUT2D eigenvalue weighted by Gasteiger charge is 2.22. The van der Waals surface area contributed by atoms with Crippen molar-refractivity contribution < 1.29 is 0 Å². The molecule has 3 rings (SSSR count). The smallest absolute Gasteiger partial charge is 0.210 e. The van der Waals surface area contributed by atoms with Gasteiger partial charge in [0.2, 0.25) is 5.16 Å². The van der Waals surface area contributed by atoms with E-state index in [1.54, 1.807) is 11.8 Å². The van der Waals surface area contributed by atoms with Crippen molar-refractivity contribution in [3.05, 3.63) is 41.7 Å². The van der Waals surface area contributed by atoms with Gasteiger partial charge in [-0.2, -0.15) is 0 Å². The summed E-state index contributed by atoms with van der Waals surface area (Å²) in [6, 6.07) is 10.8. The highest BCUT2D eigenvalue weighted by atomic mass is 32.2. The van der Waals surface area contributed by atoms with Crippen molar-refractivity contribution in [1.82, 2.24) is 14.9 Å². The van der Waals surface area contributed by atoms with E-state index in [0.29, 0.717) is 6.04 Å². The monoisotopic (exact) mass is 232 g/mol. The van der Waals surface area contributed by atoms with Crippen molar-refractivity contribution in [3.8, 4) is 0 Å². The van der Waals surface area contributed by atoms with Crippen LogP contribution in [0, 0.1) is 6.92 Å². The molecule has 1 N–H and O–H groups in total. The molecule has 0 saturated heterocycles. The zero-order valence-corrected chi connectivity index (χ0v) is 9.74. The third kappa shape index (κ3) is 1.57. The van der Waals surface area contributed by atoms with Crippen molar-refractivity contribution >= 4 is 11.8 Å². The van der Waals surface area contributed by atoms with Crippen LogP contribution in [0.25, 0.3) is 0 Å². The number of fused-ring (bicyclic) bond motifs is 1. The van der Waals surface area contributed by atoms with Gasteiger partial charge in [-0.1, -0.05) is 42.1 Å². The molecule has 82 valence electrons. The third-order valence-electron chi connectivity index (χ3n) is 2.66. The molecule has 1 aromatic heterocycles. The first-order chi connectivity index (χ1) is 7.84. The number of aromatic nitrogens is 3. The van der Waals surface area contributed by atoms with Crippen molar-refractivity contribution in [3.63, 3.8) is 0 Å². The molecule has 0 amide bonds. The van der Waals surface area contributed by atoms with Gasteiger partial charge in [-0.25, -0.2) is 4.68 Å². The van der Waals surface area contributed by atoms with Crippen LogP contribution in [0.4, 0.5) is 0 Å². The molecule has 16 heavy (non-hydrogen) atoms. The maximum Gasteiger partial charge on any atom is 0.210 e. The molecule has 0 fully saturated rings. The van der Waals surface area contributed by atoms with Crippen LogP contribution in [-0.2, 0) is 0 Å². The van der Waals surface area contributed by atoms with E-state index in [9.17, 15) is 0 Å². The molecule has 0 bridgehead atoms. The summed E-state index contributed by atoms with van der Waals surface area (Å²) < 4.78 is 1.96. The molecular formula is C11H12N4S. The molecule has 1 atom stereocenters. The van der Waals surface area contributed by atoms with Gasteiger partial charge in [-0.3, -0.25) is 0 Å². The predicted molar refractivity (Wildman–Crippen MR) is 64.0 cm³/mol. The second-order valence-electron chi connectivity index (χ2n) is 3.77. The summed E-state index contributed by atoms with van der Waals surface area (Å²) in [7, 11) is 0. The molecule has 0 radical (unpaired) electrons. The van der Waals surface area contributed by atoms with E-state index in [4.69, 9.17) is 0 Å². The lowest BCUT2D eigenvalue weighted by molar-refractivity contribution is 0.646. The third-order valence-corrected chi connectivity index (χ3v) is 3.68. The minimum Gasteiger partial charge on any atom is -0.314 e. The maximum absolute atomic E-state index is 4.10. The molecule has 2 heterocycles. The van der Waals surface area contributed by atoms with Crippen LogP contribution in [0.1, 0.15) is 17.4 Å². The van der Waals surface area contributed by atoms with E-state index in [2.05, 4.69) is 39.9 Å². The number of hydrogen-bond donors (Lipinski definition) is 1. The van der Waals surface area contributed by atoms with Crippen molar-refractivity contribution in [1.29, 1.82) is 0 Å². The van der Waals surface area contributed by atoms with E-state index in [-0.39, 0.29) is 0 Å². The highest BCUT2D eigenvalue weighted by Crippen LogP contribution is 2.29. The van der Waals surface area contributed by atoms with Crippen LogP contribution in [0.15, 0.2) is 35.5 Å². The zero-order chi connectivity index (χ0) is 11.0. The van der Waals surface area contributed by atoms with E-state index in [1.165, 1.54) is 5.56 Å². The number of nitrogens with zero attached hydrogens (tertiary/aromatic N) is 3. The van der Waals surface area contributed by atoms with Gasteiger partial charge in [-0.05, 0) is 12.5 Å². The fraction of sp³-hybridized carbons (Fsp3) is 0.273. The summed E-state index contributed by atoms with van der Waals surface area (Å²) in [6.07, 6.45) is 0. The summed E-state index contributed by atoms with van der Waals surface area (Å²) in [6.45, 7) is 1.96. The molecule has 2 aromatic rings. The van der Waals surface area contributed by atoms with Gasteiger partial charge < -0.3 is 5.43 Å². The first-order valence-corrected chi connectivity index (χ1v) is 6.19. The molecule has 5 heteroatoms. The maximum atomic E-state index is 4.10. The fourth-order valence-electron chi connectivity index (χ4n) is 1.79. The Morgan fingerprint density at radius 3 is 2.94 bits per heavy atom. The van der Waals surface area contributed by atoms with Crippen LogP contribution in [0.5, 0.6) is 0 Å². The summed E-state index contributed by atoms with van der Waals surface area (Å²) in [4.78, 5) is 0. The normalized spacial score (nSPS) is 18.9. The predicted octanol–water partition coefficient (Wildman–Crippen LogP) is 1.98. The second kappa shape index (κ2) is 3.83. The SMILES string of the molecule is Cc1nnc2n1NC(c1ccccc1)CS2. The van der Waals surface area contributed by atoms with Crippen molar-refractivity contribution in [2.75, 3.05) is 11.2 Å². The minimum atomic E-state index is 0.327.